The molecule has 1 saturated carbocycles. The molecule has 1 aromatic carbocycles. The van der Waals surface area contributed by atoms with Crippen LogP contribution < -0.4 is 10.6 Å². The minimum atomic E-state index is -5.04. The Bertz CT molecular complexity index is 1300. The van der Waals surface area contributed by atoms with Crippen molar-refractivity contribution in [1.29, 1.82) is 0 Å². The lowest BCUT2D eigenvalue weighted by Gasteiger charge is -2.29. The fourth-order valence-corrected chi connectivity index (χ4v) is 6.15. The number of alkyl halides is 3. The standard InChI is InChI=1S/C25H26ClF3N4O6/c26-14-4-5-16-19(9-14)39-32-20(16)24(37)33-10-13-2-1-3-15(13)21(33)23(36)31-17(8-12-6-7-30-22(12)35)18(34)11-38-25(27,28)29/h4-5,9,12-13,15,17,21H,1-3,6-8,10-11H2,(H,30,35)(H,31,36)/t12-,13-,15-,17-,21-/m0/s1. The van der Waals surface area contributed by atoms with E-state index in [1.165, 1.54) is 11.0 Å². The summed E-state index contributed by atoms with van der Waals surface area (Å²) < 4.78 is 46.8. The number of nitrogens with zero attached hydrogens (tertiary/aromatic N) is 2. The number of hydrogen-bond donors (Lipinski definition) is 2. The van der Waals surface area contributed by atoms with Crippen LogP contribution in [0.15, 0.2) is 22.7 Å². The van der Waals surface area contributed by atoms with Crippen molar-refractivity contribution in [1.82, 2.24) is 20.7 Å². The van der Waals surface area contributed by atoms with Crippen LogP contribution in [0.4, 0.5) is 13.2 Å². The van der Waals surface area contributed by atoms with Gasteiger partial charge in [-0.25, -0.2) is 0 Å². The summed E-state index contributed by atoms with van der Waals surface area (Å²) >= 11 is 6.00. The number of benzene rings is 1. The predicted octanol–water partition coefficient (Wildman–Crippen LogP) is 2.84. The summed E-state index contributed by atoms with van der Waals surface area (Å²) in [4.78, 5) is 53.6. The van der Waals surface area contributed by atoms with Gasteiger partial charge in [0, 0.05) is 30.1 Å². The largest absolute Gasteiger partial charge is 0.522 e. The summed E-state index contributed by atoms with van der Waals surface area (Å²) in [7, 11) is 0. The quantitative estimate of drug-likeness (QED) is 0.499. The molecule has 0 bridgehead atoms. The van der Waals surface area contributed by atoms with E-state index in [0.29, 0.717) is 35.4 Å². The zero-order valence-corrected chi connectivity index (χ0v) is 21.4. The van der Waals surface area contributed by atoms with Gasteiger partial charge in [-0.15, -0.1) is 13.2 Å². The van der Waals surface area contributed by atoms with E-state index in [0.717, 1.165) is 12.8 Å². The van der Waals surface area contributed by atoms with Gasteiger partial charge in [-0.2, -0.15) is 0 Å². The van der Waals surface area contributed by atoms with Crippen molar-refractivity contribution >= 4 is 46.1 Å². The SMILES string of the molecule is O=C1NCC[C@H]1C[C@H](NC(=O)[C@@H]1[C@H]2CCC[C@H]2CN1C(=O)c1noc2cc(Cl)ccc12)C(=O)COC(F)(F)F. The molecule has 10 nitrogen and oxygen atoms in total. The van der Waals surface area contributed by atoms with Crippen LogP contribution >= 0.6 is 11.6 Å². The minimum Gasteiger partial charge on any atom is -0.356 e. The van der Waals surface area contributed by atoms with Gasteiger partial charge >= 0.3 is 6.36 Å². The van der Waals surface area contributed by atoms with Gasteiger partial charge < -0.3 is 20.1 Å². The number of carbonyl (C=O) groups is 4. The van der Waals surface area contributed by atoms with Crippen molar-refractivity contribution < 1.29 is 41.6 Å². The van der Waals surface area contributed by atoms with E-state index in [-0.39, 0.29) is 36.4 Å². The molecule has 2 aliphatic heterocycles. The number of carbonyl (C=O) groups excluding carboxylic acids is 4. The third-order valence-electron chi connectivity index (χ3n) is 7.82. The molecule has 3 fully saturated rings. The average Bonchev–Trinajstić information content (AvgIpc) is 3.65. The van der Waals surface area contributed by atoms with Crippen LogP contribution in [0.25, 0.3) is 11.0 Å². The van der Waals surface area contributed by atoms with E-state index in [1.54, 1.807) is 12.1 Å². The van der Waals surface area contributed by atoms with Gasteiger partial charge in [0.05, 0.1) is 11.4 Å². The Balaban J connectivity index is 1.38. The molecule has 3 amide bonds. The number of halogens is 4. The number of hydrogen-bond acceptors (Lipinski definition) is 7. The zero-order valence-electron chi connectivity index (χ0n) is 20.6. The fourth-order valence-electron chi connectivity index (χ4n) is 5.99. The van der Waals surface area contributed by atoms with Crippen LogP contribution in [0, 0.1) is 17.8 Å². The number of ketones is 1. The molecular formula is C25H26ClF3N4O6. The lowest BCUT2D eigenvalue weighted by molar-refractivity contribution is -0.321. The Hall–Kier alpha value is -3.19. The molecule has 2 aromatic rings. The second-order valence-electron chi connectivity index (χ2n) is 10.2. The van der Waals surface area contributed by atoms with Crippen LogP contribution in [0.5, 0.6) is 0 Å². The molecule has 0 spiro atoms. The molecule has 0 unspecified atom stereocenters. The maximum absolute atomic E-state index is 13.7. The van der Waals surface area contributed by atoms with Crippen molar-refractivity contribution in [3.63, 3.8) is 0 Å². The Morgan fingerprint density at radius 3 is 2.77 bits per heavy atom. The van der Waals surface area contributed by atoms with Crippen molar-refractivity contribution in [2.45, 2.75) is 50.6 Å². The highest BCUT2D eigenvalue weighted by atomic mass is 35.5. The maximum atomic E-state index is 13.7. The second-order valence-corrected chi connectivity index (χ2v) is 10.6. The third kappa shape index (κ3) is 5.74. The molecule has 5 atom stereocenters. The normalized spacial score (nSPS) is 25.5. The van der Waals surface area contributed by atoms with E-state index in [2.05, 4.69) is 20.5 Å². The number of aromatic nitrogens is 1. The highest BCUT2D eigenvalue weighted by molar-refractivity contribution is 6.31. The van der Waals surface area contributed by atoms with Gasteiger partial charge in [0.2, 0.25) is 11.8 Å². The molecule has 2 N–H and O–H groups in total. The second kappa shape index (κ2) is 10.8. The van der Waals surface area contributed by atoms with E-state index >= 15 is 0 Å². The third-order valence-corrected chi connectivity index (χ3v) is 8.06. The molecule has 5 rings (SSSR count). The molecular weight excluding hydrogens is 545 g/mol. The van der Waals surface area contributed by atoms with Crippen LogP contribution in [0.2, 0.25) is 5.02 Å². The summed E-state index contributed by atoms with van der Waals surface area (Å²) in [6, 6.07) is 2.32. The van der Waals surface area contributed by atoms with Crippen LogP contribution in [-0.4, -0.2) is 71.7 Å². The minimum absolute atomic E-state index is 0.00766. The summed E-state index contributed by atoms with van der Waals surface area (Å²) in [6.07, 6.45) is -2.51. The van der Waals surface area contributed by atoms with Crippen LogP contribution in [0.3, 0.4) is 0 Å². The number of likely N-dealkylation sites (tertiary alicyclic amines) is 1. The van der Waals surface area contributed by atoms with E-state index < -0.39 is 48.6 Å². The number of fused-ring (bicyclic) bond motifs is 2. The number of amides is 3. The maximum Gasteiger partial charge on any atom is 0.522 e. The molecule has 0 radical (unpaired) electrons. The summed E-state index contributed by atoms with van der Waals surface area (Å²) in [5, 5.41) is 9.89. The van der Waals surface area contributed by atoms with Gasteiger partial charge in [-0.05, 0) is 49.7 Å². The Morgan fingerprint density at radius 1 is 1.26 bits per heavy atom. The average molecular weight is 571 g/mol. The van der Waals surface area contributed by atoms with Crippen LogP contribution in [-0.2, 0) is 19.1 Å². The smallest absolute Gasteiger partial charge is 0.356 e. The van der Waals surface area contributed by atoms with Crippen molar-refractivity contribution in [3.05, 3.63) is 28.9 Å². The van der Waals surface area contributed by atoms with Gasteiger partial charge in [0.15, 0.2) is 17.1 Å². The molecule has 2 saturated heterocycles. The van der Waals surface area contributed by atoms with E-state index in [9.17, 15) is 32.3 Å². The van der Waals surface area contributed by atoms with Crippen LogP contribution in [0.1, 0.15) is 42.6 Å². The number of Topliss-reactive ketones (excluding diaryl/α,β-unsaturated/α-hetero) is 1. The van der Waals surface area contributed by atoms with E-state index in [1.807, 2.05) is 0 Å². The lowest BCUT2D eigenvalue weighted by Crippen LogP contribution is -2.54. The number of nitrogens with one attached hydrogen (secondary N) is 2. The first-order valence-electron chi connectivity index (χ1n) is 12.7. The topological polar surface area (TPSA) is 131 Å². The first-order chi connectivity index (χ1) is 18.5. The molecule has 14 heteroatoms. The summed E-state index contributed by atoms with van der Waals surface area (Å²) in [6.45, 7) is -0.664. The number of ether oxygens (including phenoxy) is 1. The molecule has 39 heavy (non-hydrogen) atoms. The first kappa shape index (κ1) is 27.4. The first-order valence-corrected chi connectivity index (χ1v) is 13.1. The summed E-state index contributed by atoms with van der Waals surface area (Å²) in [5.41, 5.74) is 0.310. The molecule has 3 aliphatic rings. The lowest BCUT2D eigenvalue weighted by atomic mass is 9.92. The highest BCUT2D eigenvalue weighted by Crippen LogP contribution is 2.43. The Labute approximate surface area is 225 Å². The summed E-state index contributed by atoms with van der Waals surface area (Å²) in [5.74, 6) is -3.37. The van der Waals surface area contributed by atoms with Crippen molar-refractivity contribution in [3.8, 4) is 0 Å². The van der Waals surface area contributed by atoms with Crippen molar-refractivity contribution in [2.75, 3.05) is 19.7 Å². The van der Waals surface area contributed by atoms with Gasteiger partial charge in [-0.3, -0.25) is 23.9 Å². The highest BCUT2D eigenvalue weighted by Gasteiger charge is 2.51. The molecule has 1 aliphatic carbocycles. The van der Waals surface area contributed by atoms with Gasteiger partial charge in [0.25, 0.3) is 5.91 Å². The molecule has 1 aromatic heterocycles. The monoisotopic (exact) mass is 570 g/mol. The Morgan fingerprint density at radius 2 is 2.05 bits per heavy atom. The van der Waals surface area contributed by atoms with E-state index in [4.69, 9.17) is 16.1 Å². The Kier molecular flexibility index (Phi) is 7.55. The molecule has 3 heterocycles. The predicted molar refractivity (Wildman–Crippen MR) is 129 cm³/mol. The number of rotatable bonds is 8. The fraction of sp³-hybridized carbons (Fsp3) is 0.560. The molecule has 210 valence electrons. The zero-order chi connectivity index (χ0) is 27.9. The van der Waals surface area contributed by atoms with Gasteiger partial charge in [-0.1, -0.05) is 23.2 Å². The van der Waals surface area contributed by atoms with Crippen molar-refractivity contribution in [2.24, 2.45) is 17.8 Å². The van der Waals surface area contributed by atoms with Gasteiger partial charge in [0.1, 0.15) is 12.6 Å².